The van der Waals surface area contributed by atoms with Crippen LogP contribution in [0.3, 0.4) is 0 Å². The molecule has 0 aliphatic carbocycles. The van der Waals surface area contributed by atoms with E-state index in [2.05, 4.69) is 20.8 Å². The quantitative estimate of drug-likeness (QED) is 0.532. The lowest BCUT2D eigenvalue weighted by molar-refractivity contribution is -0.119. The zero-order valence-corrected chi connectivity index (χ0v) is 18.1. The average molecular weight is 442 g/mol. The number of nitrogens with one attached hydrogen (secondary N) is 1. The van der Waals surface area contributed by atoms with Crippen molar-refractivity contribution in [1.82, 2.24) is 25.5 Å². The third-order valence-corrected chi connectivity index (χ3v) is 5.72. The molecule has 10 heteroatoms. The molecule has 0 spiro atoms. The summed E-state index contributed by atoms with van der Waals surface area (Å²) in [6, 6.07) is 13.2. The molecule has 1 aliphatic rings. The van der Waals surface area contributed by atoms with E-state index < -0.39 is 0 Å². The van der Waals surface area contributed by atoms with Gasteiger partial charge in [0.1, 0.15) is 19.0 Å². The number of hydrogen-bond acceptors (Lipinski definition) is 8. The SMILES string of the molecule is COc1ccc(Cn2nnnc2SCC(=O)NC(C)c2ccc3c(c2)OCCO3)cc1. The molecule has 1 aliphatic heterocycles. The molecule has 1 N–H and O–H groups in total. The molecule has 9 nitrogen and oxygen atoms in total. The highest BCUT2D eigenvalue weighted by Crippen LogP contribution is 2.32. The number of rotatable bonds is 8. The third kappa shape index (κ3) is 5.26. The number of ether oxygens (including phenoxy) is 3. The molecular weight excluding hydrogens is 418 g/mol. The van der Waals surface area contributed by atoms with Gasteiger partial charge in [0.05, 0.1) is 25.4 Å². The van der Waals surface area contributed by atoms with Gasteiger partial charge in [-0.25, -0.2) is 4.68 Å². The molecule has 1 unspecified atom stereocenters. The largest absolute Gasteiger partial charge is 0.497 e. The maximum atomic E-state index is 12.5. The van der Waals surface area contributed by atoms with Gasteiger partial charge in [0.15, 0.2) is 11.5 Å². The lowest BCUT2D eigenvalue weighted by Crippen LogP contribution is -2.28. The molecule has 0 saturated carbocycles. The Morgan fingerprint density at radius 2 is 1.97 bits per heavy atom. The summed E-state index contributed by atoms with van der Waals surface area (Å²) in [4.78, 5) is 12.5. The number of carbonyl (C=O) groups excluding carboxylic acids is 1. The molecule has 2 heterocycles. The predicted octanol–water partition coefficient (Wildman–Crippen LogP) is 2.47. The number of hydrogen-bond donors (Lipinski definition) is 1. The molecule has 1 aromatic heterocycles. The van der Waals surface area contributed by atoms with Crippen molar-refractivity contribution in [3.05, 3.63) is 53.6 Å². The van der Waals surface area contributed by atoms with E-state index in [9.17, 15) is 4.79 Å². The van der Waals surface area contributed by atoms with E-state index in [1.807, 2.05) is 49.4 Å². The second kappa shape index (κ2) is 9.69. The Hall–Kier alpha value is -3.27. The number of benzene rings is 2. The van der Waals surface area contributed by atoms with Crippen LogP contribution in [-0.2, 0) is 11.3 Å². The Morgan fingerprint density at radius 1 is 1.19 bits per heavy atom. The van der Waals surface area contributed by atoms with Gasteiger partial charge < -0.3 is 19.5 Å². The van der Waals surface area contributed by atoms with E-state index in [0.29, 0.717) is 30.7 Å². The Labute approximate surface area is 184 Å². The lowest BCUT2D eigenvalue weighted by Gasteiger charge is -2.21. The summed E-state index contributed by atoms with van der Waals surface area (Å²) in [6.07, 6.45) is 0. The smallest absolute Gasteiger partial charge is 0.230 e. The second-order valence-electron chi connectivity index (χ2n) is 6.95. The highest BCUT2D eigenvalue weighted by atomic mass is 32.2. The zero-order chi connectivity index (χ0) is 21.6. The molecule has 2 aromatic carbocycles. The molecule has 1 atom stereocenters. The van der Waals surface area contributed by atoms with Crippen LogP contribution in [0.1, 0.15) is 24.1 Å². The van der Waals surface area contributed by atoms with Gasteiger partial charge in [-0.1, -0.05) is 30.0 Å². The summed E-state index contributed by atoms with van der Waals surface area (Å²) in [7, 11) is 1.63. The van der Waals surface area contributed by atoms with Gasteiger partial charge in [0, 0.05) is 0 Å². The molecule has 0 radical (unpaired) electrons. The first-order chi connectivity index (χ1) is 15.1. The molecule has 31 heavy (non-hydrogen) atoms. The minimum absolute atomic E-state index is 0.105. The first-order valence-corrected chi connectivity index (χ1v) is 10.8. The van der Waals surface area contributed by atoms with Crippen LogP contribution < -0.4 is 19.5 Å². The van der Waals surface area contributed by atoms with Crippen LogP contribution in [0.2, 0.25) is 0 Å². The van der Waals surface area contributed by atoms with Gasteiger partial charge in [-0.3, -0.25) is 4.79 Å². The maximum absolute atomic E-state index is 12.5. The minimum Gasteiger partial charge on any atom is -0.497 e. The summed E-state index contributed by atoms with van der Waals surface area (Å²) < 4.78 is 18.0. The van der Waals surface area contributed by atoms with Crippen LogP contribution in [0.25, 0.3) is 0 Å². The van der Waals surface area contributed by atoms with Gasteiger partial charge in [-0.2, -0.15) is 0 Å². The van der Waals surface area contributed by atoms with Crippen LogP contribution in [0.5, 0.6) is 17.2 Å². The second-order valence-corrected chi connectivity index (χ2v) is 7.89. The topological polar surface area (TPSA) is 100 Å². The van der Waals surface area contributed by atoms with Crippen LogP contribution in [0, 0.1) is 0 Å². The number of fused-ring (bicyclic) bond motifs is 1. The fourth-order valence-electron chi connectivity index (χ4n) is 3.13. The molecule has 162 valence electrons. The predicted molar refractivity (Wildman–Crippen MR) is 115 cm³/mol. The van der Waals surface area contributed by atoms with Gasteiger partial charge in [-0.15, -0.1) is 5.10 Å². The van der Waals surface area contributed by atoms with E-state index >= 15 is 0 Å². The molecule has 0 bridgehead atoms. The fourth-order valence-corrected chi connectivity index (χ4v) is 3.82. The number of tetrazole rings is 1. The number of methoxy groups -OCH3 is 1. The Balaban J connectivity index is 1.31. The van der Waals surface area contributed by atoms with Gasteiger partial charge in [-0.05, 0) is 52.7 Å². The summed E-state index contributed by atoms with van der Waals surface area (Å²) in [6.45, 7) is 3.52. The van der Waals surface area contributed by atoms with E-state index in [1.54, 1.807) is 11.8 Å². The van der Waals surface area contributed by atoms with Crippen molar-refractivity contribution in [2.75, 3.05) is 26.1 Å². The van der Waals surface area contributed by atoms with E-state index in [-0.39, 0.29) is 17.7 Å². The van der Waals surface area contributed by atoms with Gasteiger partial charge >= 0.3 is 0 Å². The standard InChI is InChI=1S/C21H23N5O4S/c1-14(16-5-8-18-19(11-16)30-10-9-29-18)22-20(27)13-31-21-23-24-25-26(21)12-15-3-6-17(28-2)7-4-15/h3-8,11,14H,9-10,12-13H2,1-2H3,(H,22,27). The number of thioether (sulfide) groups is 1. The Morgan fingerprint density at radius 3 is 2.74 bits per heavy atom. The van der Waals surface area contributed by atoms with Crippen molar-refractivity contribution in [3.8, 4) is 17.2 Å². The third-order valence-electron chi connectivity index (χ3n) is 4.77. The normalized spacial score (nSPS) is 13.5. The Bertz CT molecular complexity index is 1040. The highest BCUT2D eigenvalue weighted by molar-refractivity contribution is 7.99. The monoisotopic (exact) mass is 441 g/mol. The van der Waals surface area contributed by atoms with Crippen LogP contribution in [0.4, 0.5) is 0 Å². The van der Waals surface area contributed by atoms with E-state index in [0.717, 1.165) is 22.6 Å². The summed E-state index contributed by atoms with van der Waals surface area (Å²) >= 11 is 1.29. The van der Waals surface area contributed by atoms with E-state index in [1.165, 1.54) is 11.8 Å². The molecule has 3 aromatic rings. The molecule has 4 rings (SSSR count). The fraction of sp³-hybridized carbons (Fsp3) is 0.333. The van der Waals surface area contributed by atoms with Crippen molar-refractivity contribution in [1.29, 1.82) is 0 Å². The number of nitrogens with zero attached hydrogens (tertiary/aromatic N) is 4. The van der Waals surface area contributed by atoms with Crippen molar-refractivity contribution in [2.45, 2.75) is 24.7 Å². The van der Waals surface area contributed by atoms with Crippen LogP contribution in [0.15, 0.2) is 47.6 Å². The lowest BCUT2D eigenvalue weighted by atomic mass is 10.1. The minimum atomic E-state index is -0.167. The molecular formula is C21H23N5O4S. The van der Waals surface area contributed by atoms with Gasteiger partial charge in [0.2, 0.25) is 11.1 Å². The van der Waals surface area contributed by atoms with Crippen molar-refractivity contribution in [3.63, 3.8) is 0 Å². The van der Waals surface area contributed by atoms with Crippen LogP contribution >= 0.6 is 11.8 Å². The van der Waals surface area contributed by atoms with E-state index in [4.69, 9.17) is 14.2 Å². The first kappa shape index (κ1) is 21.0. The summed E-state index contributed by atoms with van der Waals surface area (Å²) in [5.41, 5.74) is 1.98. The van der Waals surface area contributed by atoms with Crippen molar-refractivity contribution >= 4 is 17.7 Å². The number of amides is 1. The molecule has 0 saturated heterocycles. The molecule has 1 amide bonds. The number of carbonyl (C=O) groups is 1. The molecule has 0 fully saturated rings. The van der Waals surface area contributed by atoms with Crippen LogP contribution in [-0.4, -0.2) is 52.2 Å². The first-order valence-electron chi connectivity index (χ1n) is 9.83. The number of aromatic nitrogens is 4. The average Bonchev–Trinajstić information content (AvgIpc) is 3.24. The maximum Gasteiger partial charge on any atom is 0.230 e. The van der Waals surface area contributed by atoms with Gasteiger partial charge in [0.25, 0.3) is 0 Å². The van der Waals surface area contributed by atoms with Crippen molar-refractivity contribution in [2.24, 2.45) is 0 Å². The van der Waals surface area contributed by atoms with Crippen molar-refractivity contribution < 1.29 is 19.0 Å². The Kier molecular flexibility index (Phi) is 6.56. The summed E-state index contributed by atoms with van der Waals surface area (Å²) in [5.74, 6) is 2.33. The summed E-state index contributed by atoms with van der Waals surface area (Å²) in [5, 5.41) is 15.4. The zero-order valence-electron chi connectivity index (χ0n) is 17.3. The highest BCUT2D eigenvalue weighted by Gasteiger charge is 2.17.